The van der Waals surface area contributed by atoms with Gasteiger partial charge in [0.05, 0.1) is 15.6 Å². The molecule has 0 atom stereocenters. The maximum absolute atomic E-state index is 11.9. The van der Waals surface area contributed by atoms with E-state index in [1.807, 2.05) is 0 Å². The number of amides is 1. The van der Waals surface area contributed by atoms with Gasteiger partial charge in [0, 0.05) is 24.6 Å². The molecule has 1 amide bonds. The summed E-state index contributed by atoms with van der Waals surface area (Å²) in [6.07, 6.45) is 0.759. The molecule has 0 unspecified atom stereocenters. The number of rotatable bonds is 7. The lowest BCUT2D eigenvalue weighted by atomic mass is 10.2. The van der Waals surface area contributed by atoms with Gasteiger partial charge in [0.15, 0.2) is 0 Å². The molecule has 1 aromatic carbocycles. The fourth-order valence-electron chi connectivity index (χ4n) is 1.38. The van der Waals surface area contributed by atoms with Gasteiger partial charge in [-0.15, -0.1) is 0 Å². The number of anilines is 1. The molecule has 106 valence electrons. The maximum atomic E-state index is 11.9. The number of halogens is 2. The first-order chi connectivity index (χ1) is 9.06. The molecule has 0 saturated carbocycles. The number of nitrogens with two attached hydrogens (primary N) is 1. The van der Waals surface area contributed by atoms with Gasteiger partial charge in [-0.1, -0.05) is 23.2 Å². The topological polar surface area (TPSA) is 75.4 Å². The van der Waals surface area contributed by atoms with E-state index in [0.29, 0.717) is 12.2 Å². The van der Waals surface area contributed by atoms with E-state index in [4.69, 9.17) is 34.0 Å². The van der Waals surface area contributed by atoms with Crippen LogP contribution in [0.3, 0.4) is 0 Å². The highest BCUT2D eigenvalue weighted by atomic mass is 35.5. The van der Waals surface area contributed by atoms with E-state index in [1.54, 1.807) is 11.8 Å². The average Bonchev–Trinajstić information content (AvgIpc) is 2.37. The molecule has 1 aromatic rings. The molecule has 4 N–H and O–H groups in total. The van der Waals surface area contributed by atoms with Crippen molar-refractivity contribution in [2.45, 2.75) is 6.42 Å². The summed E-state index contributed by atoms with van der Waals surface area (Å²) in [6, 6.07) is 3.01. The SMILES string of the molecule is Nc1cc(Cl)c(Cl)c(C(=O)NCCSCCCO)c1. The standard InChI is InChI=1S/C12H16Cl2N2O2S/c13-10-7-8(15)6-9(11(10)14)12(18)16-2-5-19-4-1-3-17/h6-7,17H,1-5,15H2,(H,16,18). The molecule has 4 nitrogen and oxygen atoms in total. The number of aliphatic hydroxyl groups excluding tert-OH is 1. The molecular weight excluding hydrogens is 307 g/mol. The van der Waals surface area contributed by atoms with Crippen molar-refractivity contribution in [3.05, 3.63) is 27.7 Å². The third-order valence-electron chi connectivity index (χ3n) is 2.27. The number of carbonyl (C=O) groups is 1. The van der Waals surface area contributed by atoms with Crippen LogP contribution in [0.2, 0.25) is 10.0 Å². The summed E-state index contributed by atoms with van der Waals surface area (Å²) in [5.74, 6) is 1.36. The van der Waals surface area contributed by atoms with Gasteiger partial charge in [-0.05, 0) is 24.3 Å². The normalized spacial score (nSPS) is 10.5. The van der Waals surface area contributed by atoms with Crippen LogP contribution in [0.5, 0.6) is 0 Å². The average molecular weight is 323 g/mol. The monoisotopic (exact) mass is 322 g/mol. The molecule has 19 heavy (non-hydrogen) atoms. The van der Waals surface area contributed by atoms with Crippen LogP contribution in [0.15, 0.2) is 12.1 Å². The molecule has 0 fully saturated rings. The Bertz CT molecular complexity index is 444. The molecule has 0 aromatic heterocycles. The Morgan fingerprint density at radius 1 is 1.37 bits per heavy atom. The number of hydrogen-bond donors (Lipinski definition) is 3. The number of nitrogens with one attached hydrogen (secondary N) is 1. The number of aliphatic hydroxyl groups is 1. The predicted octanol–water partition coefficient (Wildman–Crippen LogP) is 2.42. The molecule has 0 aliphatic rings. The van der Waals surface area contributed by atoms with Crippen molar-refractivity contribution in [2.24, 2.45) is 0 Å². The van der Waals surface area contributed by atoms with Crippen molar-refractivity contribution in [2.75, 3.05) is 30.4 Å². The third kappa shape index (κ3) is 5.48. The summed E-state index contributed by atoms with van der Waals surface area (Å²) >= 11 is 13.5. The van der Waals surface area contributed by atoms with Crippen molar-refractivity contribution in [1.29, 1.82) is 0 Å². The lowest BCUT2D eigenvalue weighted by Crippen LogP contribution is -2.26. The second kappa shape index (κ2) is 8.53. The van der Waals surface area contributed by atoms with E-state index in [2.05, 4.69) is 5.32 Å². The Morgan fingerprint density at radius 3 is 2.79 bits per heavy atom. The summed E-state index contributed by atoms with van der Waals surface area (Å²) in [7, 11) is 0. The first kappa shape index (κ1) is 16.4. The van der Waals surface area contributed by atoms with Crippen molar-refractivity contribution < 1.29 is 9.90 Å². The Labute approximate surface area is 126 Å². The Morgan fingerprint density at radius 2 is 2.11 bits per heavy atom. The highest BCUT2D eigenvalue weighted by Gasteiger charge is 2.13. The highest BCUT2D eigenvalue weighted by Crippen LogP contribution is 2.28. The van der Waals surface area contributed by atoms with Crippen molar-refractivity contribution in [1.82, 2.24) is 5.32 Å². The Kier molecular flexibility index (Phi) is 7.38. The van der Waals surface area contributed by atoms with E-state index in [-0.39, 0.29) is 28.1 Å². The molecule has 0 saturated heterocycles. The molecule has 1 rings (SSSR count). The Balaban J connectivity index is 2.46. The van der Waals surface area contributed by atoms with Gasteiger partial charge in [0.1, 0.15) is 0 Å². The van der Waals surface area contributed by atoms with E-state index >= 15 is 0 Å². The largest absolute Gasteiger partial charge is 0.399 e. The van der Waals surface area contributed by atoms with Gasteiger partial charge in [0.25, 0.3) is 5.91 Å². The minimum absolute atomic E-state index is 0.191. The molecule has 7 heteroatoms. The van der Waals surface area contributed by atoms with Crippen LogP contribution in [0.4, 0.5) is 5.69 Å². The van der Waals surface area contributed by atoms with Crippen LogP contribution in [0, 0.1) is 0 Å². The van der Waals surface area contributed by atoms with Crippen LogP contribution >= 0.6 is 35.0 Å². The molecule has 0 aliphatic heterocycles. The van der Waals surface area contributed by atoms with Gasteiger partial charge in [0.2, 0.25) is 0 Å². The lowest BCUT2D eigenvalue weighted by molar-refractivity contribution is 0.0956. The minimum Gasteiger partial charge on any atom is -0.399 e. The van der Waals surface area contributed by atoms with Crippen LogP contribution in [-0.4, -0.2) is 35.7 Å². The first-order valence-electron chi connectivity index (χ1n) is 5.77. The van der Waals surface area contributed by atoms with Crippen molar-refractivity contribution >= 4 is 46.6 Å². The van der Waals surface area contributed by atoms with Gasteiger partial charge in [-0.25, -0.2) is 0 Å². The second-order valence-corrected chi connectivity index (χ2v) is 5.82. The van der Waals surface area contributed by atoms with E-state index < -0.39 is 0 Å². The smallest absolute Gasteiger partial charge is 0.252 e. The molecule has 0 aliphatic carbocycles. The van der Waals surface area contributed by atoms with Crippen LogP contribution < -0.4 is 11.1 Å². The zero-order chi connectivity index (χ0) is 14.3. The van der Waals surface area contributed by atoms with Gasteiger partial charge in [-0.3, -0.25) is 4.79 Å². The molecule has 0 bridgehead atoms. The summed E-state index contributed by atoms with van der Waals surface area (Å²) < 4.78 is 0. The van der Waals surface area contributed by atoms with E-state index in [9.17, 15) is 4.79 Å². The number of hydrogen-bond acceptors (Lipinski definition) is 4. The van der Waals surface area contributed by atoms with Crippen LogP contribution in [-0.2, 0) is 0 Å². The number of carbonyl (C=O) groups excluding carboxylic acids is 1. The highest BCUT2D eigenvalue weighted by molar-refractivity contribution is 7.99. The zero-order valence-electron chi connectivity index (χ0n) is 10.3. The second-order valence-electron chi connectivity index (χ2n) is 3.81. The van der Waals surface area contributed by atoms with Crippen LogP contribution in [0.1, 0.15) is 16.8 Å². The molecular formula is C12H16Cl2N2O2S. The minimum atomic E-state index is -0.290. The fraction of sp³-hybridized carbons (Fsp3) is 0.417. The fourth-order valence-corrected chi connectivity index (χ4v) is 2.58. The first-order valence-corrected chi connectivity index (χ1v) is 7.68. The van der Waals surface area contributed by atoms with E-state index in [0.717, 1.165) is 17.9 Å². The van der Waals surface area contributed by atoms with Gasteiger partial charge < -0.3 is 16.2 Å². The van der Waals surface area contributed by atoms with Crippen LogP contribution in [0.25, 0.3) is 0 Å². The Hall–Kier alpha value is -0.620. The zero-order valence-corrected chi connectivity index (χ0v) is 12.6. The number of nitrogen functional groups attached to an aromatic ring is 1. The summed E-state index contributed by atoms with van der Waals surface area (Å²) in [5.41, 5.74) is 6.31. The van der Waals surface area contributed by atoms with Crippen molar-refractivity contribution in [3.8, 4) is 0 Å². The number of benzene rings is 1. The molecule has 0 heterocycles. The summed E-state index contributed by atoms with van der Waals surface area (Å²) in [4.78, 5) is 11.9. The molecule has 0 spiro atoms. The van der Waals surface area contributed by atoms with Crippen molar-refractivity contribution in [3.63, 3.8) is 0 Å². The summed E-state index contributed by atoms with van der Waals surface area (Å²) in [5, 5.41) is 11.8. The quantitative estimate of drug-likeness (QED) is 0.532. The van der Waals surface area contributed by atoms with E-state index in [1.165, 1.54) is 12.1 Å². The van der Waals surface area contributed by atoms with Gasteiger partial charge in [-0.2, -0.15) is 11.8 Å². The van der Waals surface area contributed by atoms with Gasteiger partial charge >= 0.3 is 0 Å². The lowest BCUT2D eigenvalue weighted by Gasteiger charge is -2.08. The molecule has 0 radical (unpaired) electrons. The third-order valence-corrected chi connectivity index (χ3v) is 4.15. The summed E-state index contributed by atoms with van der Waals surface area (Å²) in [6.45, 7) is 0.717. The number of thioether (sulfide) groups is 1. The maximum Gasteiger partial charge on any atom is 0.252 e. The predicted molar refractivity (Wildman–Crippen MR) is 82.2 cm³/mol.